The van der Waals surface area contributed by atoms with E-state index in [-0.39, 0.29) is 17.2 Å². The van der Waals surface area contributed by atoms with Crippen LogP contribution in [0.5, 0.6) is 0 Å². The molecule has 0 bridgehead atoms. The molecule has 0 atom stereocenters. The maximum absolute atomic E-state index is 12.7. The Morgan fingerprint density at radius 1 is 1.10 bits per heavy atom. The van der Waals surface area contributed by atoms with Crippen molar-refractivity contribution in [2.75, 3.05) is 35.9 Å². The van der Waals surface area contributed by atoms with Crippen LogP contribution in [-0.4, -0.2) is 51.0 Å². The van der Waals surface area contributed by atoms with Crippen LogP contribution in [0.25, 0.3) is 0 Å². The van der Waals surface area contributed by atoms with E-state index in [4.69, 9.17) is 0 Å². The molecule has 0 aliphatic carbocycles. The molecule has 0 unspecified atom stereocenters. The second kappa shape index (κ2) is 9.93. The quantitative estimate of drug-likeness (QED) is 0.541. The van der Waals surface area contributed by atoms with E-state index in [1.165, 1.54) is 30.2 Å². The van der Waals surface area contributed by atoms with Crippen LogP contribution in [0, 0.1) is 0 Å². The summed E-state index contributed by atoms with van der Waals surface area (Å²) < 4.78 is 25.6. The molecule has 31 heavy (non-hydrogen) atoms. The molecule has 0 saturated heterocycles. The van der Waals surface area contributed by atoms with Gasteiger partial charge in [0.05, 0.1) is 17.5 Å². The number of fused-ring (bicyclic) bond motifs is 1. The summed E-state index contributed by atoms with van der Waals surface area (Å²) in [4.78, 5) is 26.4. The smallest absolute Gasteiger partial charge is 0.253 e. The zero-order valence-electron chi connectivity index (χ0n) is 17.8. The lowest BCUT2D eigenvalue weighted by Crippen LogP contribution is -2.34. The van der Waals surface area contributed by atoms with E-state index < -0.39 is 15.9 Å². The van der Waals surface area contributed by atoms with Gasteiger partial charge in [0, 0.05) is 38.8 Å². The standard InChI is InChI=1S/C22H28N4O4S/c1-16(27)24-19-8-9-21(25-31(2,29)30)20(14-19)22(28)23-11-5-12-26-13-10-17-6-3-4-7-18(17)15-26/h3-4,6-9,14,25H,5,10-13,15H2,1-2H3,(H,23,28)(H,24,27). The maximum atomic E-state index is 12.7. The normalized spacial score (nSPS) is 13.9. The van der Waals surface area contributed by atoms with Crippen molar-refractivity contribution in [1.82, 2.24) is 10.2 Å². The number of carbonyl (C=O) groups is 2. The Bertz CT molecular complexity index is 1070. The fourth-order valence-corrected chi connectivity index (χ4v) is 4.22. The zero-order valence-corrected chi connectivity index (χ0v) is 18.6. The van der Waals surface area contributed by atoms with Crippen molar-refractivity contribution in [1.29, 1.82) is 0 Å². The Kier molecular flexibility index (Phi) is 7.29. The number of sulfonamides is 1. The Labute approximate surface area is 183 Å². The topological polar surface area (TPSA) is 108 Å². The molecular weight excluding hydrogens is 416 g/mol. The summed E-state index contributed by atoms with van der Waals surface area (Å²) in [5, 5.41) is 5.46. The second-order valence-electron chi connectivity index (χ2n) is 7.72. The molecule has 2 amide bonds. The van der Waals surface area contributed by atoms with Gasteiger partial charge in [-0.1, -0.05) is 24.3 Å². The van der Waals surface area contributed by atoms with Crippen LogP contribution in [0.15, 0.2) is 42.5 Å². The summed E-state index contributed by atoms with van der Waals surface area (Å²) in [5.41, 5.74) is 3.50. The highest BCUT2D eigenvalue weighted by Gasteiger charge is 2.17. The van der Waals surface area contributed by atoms with Crippen molar-refractivity contribution in [2.24, 2.45) is 0 Å². The van der Waals surface area contributed by atoms with Gasteiger partial charge in [0.25, 0.3) is 5.91 Å². The van der Waals surface area contributed by atoms with E-state index >= 15 is 0 Å². The number of amides is 2. The van der Waals surface area contributed by atoms with Crippen molar-refractivity contribution in [2.45, 2.75) is 26.3 Å². The minimum absolute atomic E-state index is 0.156. The summed E-state index contributed by atoms with van der Waals surface area (Å²) in [6.07, 6.45) is 2.82. The molecule has 166 valence electrons. The fourth-order valence-electron chi connectivity index (χ4n) is 3.65. The first kappa shape index (κ1) is 22.8. The Morgan fingerprint density at radius 2 is 1.84 bits per heavy atom. The predicted octanol–water partition coefficient (Wildman–Crippen LogP) is 2.19. The molecule has 0 aromatic heterocycles. The molecule has 1 aliphatic heterocycles. The van der Waals surface area contributed by atoms with Gasteiger partial charge in [0.15, 0.2) is 0 Å². The Morgan fingerprint density at radius 3 is 2.55 bits per heavy atom. The van der Waals surface area contributed by atoms with E-state index in [0.717, 1.165) is 38.7 Å². The Balaban J connectivity index is 1.58. The van der Waals surface area contributed by atoms with Gasteiger partial charge in [-0.3, -0.25) is 19.2 Å². The van der Waals surface area contributed by atoms with Crippen LogP contribution >= 0.6 is 0 Å². The van der Waals surface area contributed by atoms with Crippen molar-refractivity contribution in [3.05, 3.63) is 59.2 Å². The minimum Gasteiger partial charge on any atom is -0.352 e. The van der Waals surface area contributed by atoms with E-state index in [2.05, 4.69) is 44.5 Å². The van der Waals surface area contributed by atoms with Crippen LogP contribution in [-0.2, 0) is 27.8 Å². The highest BCUT2D eigenvalue weighted by atomic mass is 32.2. The van der Waals surface area contributed by atoms with Gasteiger partial charge in [0.2, 0.25) is 15.9 Å². The van der Waals surface area contributed by atoms with E-state index in [9.17, 15) is 18.0 Å². The molecule has 0 saturated carbocycles. The lowest BCUT2D eigenvalue weighted by atomic mass is 10.00. The number of anilines is 2. The van der Waals surface area contributed by atoms with Gasteiger partial charge < -0.3 is 10.6 Å². The van der Waals surface area contributed by atoms with Gasteiger partial charge in [-0.2, -0.15) is 0 Å². The number of carbonyl (C=O) groups excluding carboxylic acids is 2. The average Bonchev–Trinajstić information content (AvgIpc) is 2.70. The molecule has 1 heterocycles. The number of benzene rings is 2. The molecule has 2 aromatic rings. The van der Waals surface area contributed by atoms with Crippen molar-refractivity contribution in [3.8, 4) is 0 Å². The van der Waals surface area contributed by atoms with Crippen LogP contribution in [0.4, 0.5) is 11.4 Å². The molecule has 0 radical (unpaired) electrons. The second-order valence-corrected chi connectivity index (χ2v) is 9.47. The van der Waals surface area contributed by atoms with E-state index in [1.54, 1.807) is 6.07 Å². The molecule has 9 heteroatoms. The molecular formula is C22H28N4O4S. The van der Waals surface area contributed by atoms with Crippen LogP contribution in [0.1, 0.15) is 34.8 Å². The molecule has 3 N–H and O–H groups in total. The van der Waals surface area contributed by atoms with Crippen molar-refractivity contribution < 1.29 is 18.0 Å². The summed E-state index contributed by atoms with van der Waals surface area (Å²) in [6.45, 7) is 4.58. The molecule has 8 nitrogen and oxygen atoms in total. The van der Waals surface area contributed by atoms with Crippen LogP contribution < -0.4 is 15.4 Å². The summed E-state index contributed by atoms with van der Waals surface area (Å²) in [7, 11) is -3.56. The monoisotopic (exact) mass is 444 g/mol. The third-order valence-electron chi connectivity index (χ3n) is 5.03. The maximum Gasteiger partial charge on any atom is 0.253 e. The third-order valence-corrected chi connectivity index (χ3v) is 5.62. The molecule has 3 rings (SSSR count). The number of hydrogen-bond acceptors (Lipinski definition) is 5. The van der Waals surface area contributed by atoms with Crippen LogP contribution in [0.2, 0.25) is 0 Å². The number of nitrogens with zero attached hydrogens (tertiary/aromatic N) is 1. The third kappa shape index (κ3) is 6.80. The Hall–Kier alpha value is -2.91. The fraction of sp³-hybridized carbons (Fsp3) is 0.364. The summed E-state index contributed by atoms with van der Waals surface area (Å²) in [6, 6.07) is 12.9. The SMILES string of the molecule is CC(=O)Nc1ccc(NS(C)(=O)=O)c(C(=O)NCCCN2CCc3ccccc3C2)c1. The summed E-state index contributed by atoms with van der Waals surface area (Å²) >= 11 is 0. The number of rotatable bonds is 8. The zero-order chi connectivity index (χ0) is 22.4. The van der Waals surface area contributed by atoms with Crippen molar-refractivity contribution >= 4 is 33.2 Å². The van der Waals surface area contributed by atoms with Gasteiger partial charge in [-0.25, -0.2) is 8.42 Å². The highest BCUT2D eigenvalue weighted by Crippen LogP contribution is 2.22. The van der Waals surface area contributed by atoms with Crippen molar-refractivity contribution in [3.63, 3.8) is 0 Å². The number of hydrogen-bond donors (Lipinski definition) is 3. The molecule has 0 spiro atoms. The molecule has 0 fully saturated rings. The average molecular weight is 445 g/mol. The van der Waals surface area contributed by atoms with Gasteiger partial charge in [0.1, 0.15) is 0 Å². The predicted molar refractivity (Wildman–Crippen MR) is 122 cm³/mol. The summed E-state index contributed by atoms with van der Waals surface area (Å²) in [5.74, 6) is -0.680. The first-order valence-corrected chi connectivity index (χ1v) is 12.1. The lowest BCUT2D eigenvalue weighted by Gasteiger charge is -2.28. The van der Waals surface area contributed by atoms with Gasteiger partial charge >= 0.3 is 0 Å². The highest BCUT2D eigenvalue weighted by molar-refractivity contribution is 7.92. The largest absolute Gasteiger partial charge is 0.352 e. The lowest BCUT2D eigenvalue weighted by molar-refractivity contribution is -0.114. The van der Waals surface area contributed by atoms with E-state index in [1.807, 2.05) is 0 Å². The molecule has 1 aliphatic rings. The minimum atomic E-state index is -3.56. The molecule has 2 aromatic carbocycles. The van der Waals surface area contributed by atoms with Gasteiger partial charge in [-0.05, 0) is 42.2 Å². The van der Waals surface area contributed by atoms with Gasteiger partial charge in [-0.15, -0.1) is 0 Å². The number of nitrogens with one attached hydrogen (secondary N) is 3. The van der Waals surface area contributed by atoms with E-state index in [0.29, 0.717) is 12.2 Å². The first-order valence-electron chi connectivity index (χ1n) is 10.2. The van der Waals surface area contributed by atoms with Crippen LogP contribution in [0.3, 0.4) is 0 Å². The first-order chi connectivity index (χ1) is 14.7.